The average molecular weight is 292 g/mol. The molecule has 1 rings (SSSR count). The van der Waals surface area contributed by atoms with Gasteiger partial charge in [0.2, 0.25) is 0 Å². The van der Waals surface area contributed by atoms with E-state index in [1.54, 1.807) is 12.1 Å². The molecule has 1 amide bonds. The fourth-order valence-electron chi connectivity index (χ4n) is 1.18. The molecule has 0 aromatic heterocycles. The highest BCUT2D eigenvalue weighted by atomic mass is 35.5. The van der Waals surface area contributed by atoms with Gasteiger partial charge in [0.25, 0.3) is 5.91 Å². The maximum Gasteiger partial charge on any atom is 0.336 e. The number of benzene rings is 1. The number of amides is 1. The molecule has 1 aromatic carbocycles. The lowest BCUT2D eigenvalue weighted by Gasteiger charge is -2.10. The largest absolute Gasteiger partial charge is 0.467 e. The van der Waals surface area contributed by atoms with Crippen LogP contribution in [0.3, 0.4) is 0 Å². The summed E-state index contributed by atoms with van der Waals surface area (Å²) in [5.41, 5.74) is 0.168. The molecule has 0 fully saturated rings. The Morgan fingerprint density at radius 3 is 2.72 bits per heavy atom. The number of halogens is 2. The van der Waals surface area contributed by atoms with Crippen molar-refractivity contribution < 1.29 is 19.4 Å². The minimum absolute atomic E-state index is 0.115. The van der Waals surface area contributed by atoms with Crippen molar-refractivity contribution >= 4 is 35.1 Å². The quantitative estimate of drug-likeness (QED) is 0.819. The Labute approximate surface area is 114 Å². The van der Waals surface area contributed by atoms with Crippen molar-refractivity contribution in [2.75, 3.05) is 13.7 Å². The maximum atomic E-state index is 11.7. The molecular weight excluding hydrogens is 281 g/mol. The van der Waals surface area contributed by atoms with Crippen molar-refractivity contribution in [3.63, 3.8) is 0 Å². The lowest BCUT2D eigenvalue weighted by molar-refractivity contribution is -0.149. The van der Waals surface area contributed by atoms with Crippen LogP contribution in [0.25, 0.3) is 0 Å². The first-order chi connectivity index (χ1) is 8.47. The van der Waals surface area contributed by atoms with Crippen LogP contribution < -0.4 is 5.32 Å². The molecule has 0 aliphatic heterocycles. The molecule has 7 heteroatoms. The summed E-state index contributed by atoms with van der Waals surface area (Å²) in [5.74, 6) is -1.36. The summed E-state index contributed by atoms with van der Waals surface area (Å²) in [6, 6.07) is 4.60. The van der Waals surface area contributed by atoms with E-state index in [0.29, 0.717) is 0 Å². The van der Waals surface area contributed by atoms with Gasteiger partial charge in [0.1, 0.15) is 0 Å². The van der Waals surface area contributed by atoms with E-state index in [1.165, 1.54) is 6.07 Å². The van der Waals surface area contributed by atoms with Crippen LogP contribution in [0.4, 0.5) is 0 Å². The molecule has 98 valence electrons. The van der Waals surface area contributed by atoms with Gasteiger partial charge in [-0.25, -0.2) is 4.79 Å². The maximum absolute atomic E-state index is 11.7. The molecule has 0 spiro atoms. The Hall–Kier alpha value is -1.30. The van der Waals surface area contributed by atoms with Gasteiger partial charge in [-0.15, -0.1) is 0 Å². The summed E-state index contributed by atoms with van der Waals surface area (Å²) in [7, 11) is 1.14. The first-order valence-corrected chi connectivity index (χ1v) is 5.71. The second-order valence-electron chi connectivity index (χ2n) is 3.35. The average Bonchev–Trinajstić information content (AvgIpc) is 2.37. The highest BCUT2D eigenvalue weighted by Gasteiger charge is 2.18. The van der Waals surface area contributed by atoms with Crippen LogP contribution >= 0.6 is 23.2 Å². The number of carbonyl (C=O) groups is 2. The lowest BCUT2D eigenvalue weighted by Crippen LogP contribution is -2.37. The number of hydrogen-bond donors (Lipinski definition) is 2. The molecule has 2 N–H and O–H groups in total. The van der Waals surface area contributed by atoms with E-state index >= 15 is 0 Å². The van der Waals surface area contributed by atoms with Crippen LogP contribution in [0.1, 0.15) is 10.4 Å². The van der Waals surface area contributed by atoms with Crippen LogP contribution in [-0.2, 0) is 9.53 Å². The molecule has 1 aromatic rings. The summed E-state index contributed by atoms with van der Waals surface area (Å²) in [5, 5.41) is 12.0. The number of hydrogen-bond acceptors (Lipinski definition) is 4. The Morgan fingerprint density at radius 1 is 1.44 bits per heavy atom. The van der Waals surface area contributed by atoms with Crippen LogP contribution in [0.15, 0.2) is 18.2 Å². The lowest BCUT2D eigenvalue weighted by atomic mass is 10.2. The molecule has 18 heavy (non-hydrogen) atoms. The van der Waals surface area contributed by atoms with Crippen LogP contribution in [0.2, 0.25) is 10.0 Å². The summed E-state index contributed by atoms with van der Waals surface area (Å²) in [6.07, 6.45) is -1.42. The number of methoxy groups -OCH3 is 1. The molecule has 0 heterocycles. The van der Waals surface area contributed by atoms with E-state index in [-0.39, 0.29) is 22.2 Å². The smallest absolute Gasteiger partial charge is 0.336 e. The molecular formula is C11H11Cl2NO4. The third kappa shape index (κ3) is 3.60. The molecule has 0 bridgehead atoms. The van der Waals surface area contributed by atoms with Gasteiger partial charge in [0, 0.05) is 0 Å². The van der Waals surface area contributed by atoms with Gasteiger partial charge in [-0.1, -0.05) is 29.3 Å². The SMILES string of the molecule is COC(=O)C(O)CNC(=O)c1cccc(Cl)c1Cl. The van der Waals surface area contributed by atoms with E-state index in [0.717, 1.165) is 7.11 Å². The Balaban J connectivity index is 2.66. The molecule has 0 radical (unpaired) electrons. The predicted molar refractivity (Wildman–Crippen MR) is 66.8 cm³/mol. The van der Waals surface area contributed by atoms with Gasteiger partial charge >= 0.3 is 5.97 Å². The monoisotopic (exact) mass is 291 g/mol. The first kappa shape index (κ1) is 14.8. The second-order valence-corrected chi connectivity index (χ2v) is 4.14. The number of rotatable bonds is 4. The summed E-state index contributed by atoms with van der Waals surface area (Å²) in [4.78, 5) is 22.6. The highest BCUT2D eigenvalue weighted by molar-refractivity contribution is 6.43. The Bertz CT molecular complexity index is 464. The molecule has 1 atom stereocenters. The minimum atomic E-state index is -1.42. The Morgan fingerprint density at radius 2 is 2.11 bits per heavy atom. The highest BCUT2D eigenvalue weighted by Crippen LogP contribution is 2.25. The number of nitrogens with one attached hydrogen (secondary N) is 1. The van der Waals surface area contributed by atoms with E-state index in [4.69, 9.17) is 23.2 Å². The zero-order valence-electron chi connectivity index (χ0n) is 9.44. The van der Waals surface area contributed by atoms with Gasteiger partial charge in [-0.05, 0) is 12.1 Å². The van der Waals surface area contributed by atoms with Crippen LogP contribution in [-0.4, -0.2) is 36.7 Å². The molecule has 0 saturated carbocycles. The number of esters is 1. The summed E-state index contributed by atoms with van der Waals surface area (Å²) in [6.45, 7) is -0.269. The zero-order chi connectivity index (χ0) is 13.7. The molecule has 0 saturated heterocycles. The van der Waals surface area contributed by atoms with Crippen LogP contribution in [0, 0.1) is 0 Å². The molecule has 1 unspecified atom stereocenters. The van der Waals surface area contributed by atoms with Crippen molar-refractivity contribution in [2.45, 2.75) is 6.10 Å². The van der Waals surface area contributed by atoms with Crippen LogP contribution in [0.5, 0.6) is 0 Å². The zero-order valence-corrected chi connectivity index (χ0v) is 11.0. The van der Waals surface area contributed by atoms with Crippen molar-refractivity contribution in [1.82, 2.24) is 5.32 Å². The van der Waals surface area contributed by atoms with E-state index < -0.39 is 18.0 Å². The Kier molecular flexibility index (Phi) is 5.40. The first-order valence-electron chi connectivity index (χ1n) is 4.95. The van der Waals surface area contributed by atoms with Gasteiger partial charge in [-0.2, -0.15) is 0 Å². The van der Waals surface area contributed by atoms with Gasteiger partial charge < -0.3 is 15.2 Å². The molecule has 0 aliphatic rings. The molecule has 5 nitrogen and oxygen atoms in total. The molecule has 0 aliphatic carbocycles. The number of carbonyl (C=O) groups excluding carboxylic acids is 2. The van der Waals surface area contributed by atoms with Crippen molar-refractivity contribution in [2.24, 2.45) is 0 Å². The fourth-order valence-corrected chi connectivity index (χ4v) is 1.57. The van der Waals surface area contributed by atoms with Gasteiger partial charge in [0.15, 0.2) is 6.10 Å². The number of aliphatic hydroxyl groups excluding tert-OH is 1. The number of aliphatic hydroxyl groups is 1. The van der Waals surface area contributed by atoms with Crippen molar-refractivity contribution in [3.05, 3.63) is 33.8 Å². The summed E-state index contributed by atoms with van der Waals surface area (Å²) < 4.78 is 4.31. The predicted octanol–water partition coefficient (Wildman–Crippen LogP) is 1.26. The fraction of sp³-hybridized carbons (Fsp3) is 0.273. The van der Waals surface area contributed by atoms with E-state index in [2.05, 4.69) is 10.1 Å². The normalized spacial score (nSPS) is 11.8. The van der Waals surface area contributed by atoms with E-state index in [9.17, 15) is 14.7 Å². The summed E-state index contributed by atoms with van der Waals surface area (Å²) >= 11 is 11.6. The van der Waals surface area contributed by atoms with Crippen molar-refractivity contribution in [3.8, 4) is 0 Å². The van der Waals surface area contributed by atoms with E-state index in [1.807, 2.05) is 0 Å². The standard InChI is InChI=1S/C11H11Cl2NO4/c1-18-11(17)8(15)5-14-10(16)6-3-2-4-7(12)9(6)13/h2-4,8,15H,5H2,1H3,(H,14,16). The minimum Gasteiger partial charge on any atom is -0.467 e. The third-order valence-electron chi connectivity index (χ3n) is 2.13. The third-order valence-corrected chi connectivity index (χ3v) is 2.94. The van der Waals surface area contributed by atoms with Crippen molar-refractivity contribution in [1.29, 1.82) is 0 Å². The van der Waals surface area contributed by atoms with Gasteiger partial charge in [0.05, 0.1) is 29.3 Å². The topological polar surface area (TPSA) is 75.6 Å². The number of ether oxygens (including phenoxy) is 1. The second kappa shape index (κ2) is 6.58. The van der Waals surface area contributed by atoms with Gasteiger partial charge in [-0.3, -0.25) is 4.79 Å².